The van der Waals surface area contributed by atoms with Crippen LogP contribution in [0.5, 0.6) is 11.5 Å². The normalized spacial score (nSPS) is 11.7. The Balaban J connectivity index is 1.91. The fourth-order valence-electron chi connectivity index (χ4n) is 1.99. The Morgan fingerprint density at radius 2 is 1.64 bits per heavy atom. The molecule has 2 rings (SSSR count). The zero-order chi connectivity index (χ0) is 18.2. The molecule has 0 spiro atoms. The third-order valence-corrected chi connectivity index (χ3v) is 3.77. The summed E-state index contributed by atoms with van der Waals surface area (Å²) in [7, 11) is 0. The van der Waals surface area contributed by atoms with Crippen LogP contribution < -0.4 is 10.1 Å². The zero-order valence-electron chi connectivity index (χ0n) is 14.7. The summed E-state index contributed by atoms with van der Waals surface area (Å²) in [6, 6.07) is 16.0. The number of hydrogen-bond acceptors (Lipinski definition) is 4. The van der Waals surface area contributed by atoms with Gasteiger partial charge in [0.25, 0.3) is 5.91 Å². The molecule has 0 aromatic heterocycles. The van der Waals surface area contributed by atoms with Crippen LogP contribution in [0, 0.1) is 5.92 Å². The average Bonchev–Trinajstić information content (AvgIpc) is 2.60. The van der Waals surface area contributed by atoms with Crippen molar-refractivity contribution in [3.05, 3.63) is 60.2 Å². The second kappa shape index (κ2) is 8.87. The van der Waals surface area contributed by atoms with Crippen molar-refractivity contribution in [1.29, 1.82) is 0 Å². The van der Waals surface area contributed by atoms with Crippen LogP contribution in [-0.4, -0.2) is 24.5 Å². The summed E-state index contributed by atoms with van der Waals surface area (Å²) in [6.07, 6.45) is 0. The number of para-hydroxylation sites is 1. The average molecular weight is 341 g/mol. The van der Waals surface area contributed by atoms with Crippen LogP contribution in [-0.2, 0) is 9.53 Å². The summed E-state index contributed by atoms with van der Waals surface area (Å²) in [4.78, 5) is 23.9. The van der Waals surface area contributed by atoms with Crippen molar-refractivity contribution in [2.45, 2.75) is 26.8 Å². The largest absolute Gasteiger partial charge is 0.457 e. The molecule has 0 fully saturated rings. The van der Waals surface area contributed by atoms with Crippen molar-refractivity contribution < 1.29 is 19.1 Å². The maximum absolute atomic E-state index is 12.1. The minimum absolute atomic E-state index is 0.0220. The summed E-state index contributed by atoms with van der Waals surface area (Å²) in [5.74, 6) is 0.636. The van der Waals surface area contributed by atoms with E-state index in [1.165, 1.54) is 0 Å². The molecule has 0 bridgehead atoms. The maximum atomic E-state index is 12.1. The number of ether oxygens (including phenoxy) is 2. The van der Waals surface area contributed by atoms with Crippen molar-refractivity contribution in [2.24, 2.45) is 5.92 Å². The first-order valence-electron chi connectivity index (χ1n) is 8.25. The molecule has 0 saturated heterocycles. The van der Waals surface area contributed by atoms with E-state index >= 15 is 0 Å². The van der Waals surface area contributed by atoms with Gasteiger partial charge >= 0.3 is 5.97 Å². The first-order chi connectivity index (χ1) is 12.0. The van der Waals surface area contributed by atoms with Crippen molar-refractivity contribution in [3.63, 3.8) is 0 Å². The number of esters is 1. The Morgan fingerprint density at radius 3 is 2.32 bits per heavy atom. The molecule has 0 aliphatic rings. The van der Waals surface area contributed by atoms with Gasteiger partial charge in [-0.25, -0.2) is 4.79 Å². The monoisotopic (exact) mass is 341 g/mol. The molecule has 0 aliphatic carbocycles. The molecule has 5 heteroatoms. The molecule has 0 heterocycles. The molecule has 25 heavy (non-hydrogen) atoms. The molecule has 2 aromatic rings. The van der Waals surface area contributed by atoms with Crippen LogP contribution in [0.2, 0.25) is 0 Å². The molecule has 132 valence electrons. The molecule has 0 saturated carbocycles. The quantitative estimate of drug-likeness (QED) is 0.778. The highest BCUT2D eigenvalue weighted by Gasteiger charge is 2.14. The molecule has 2 aromatic carbocycles. The number of nitrogens with one attached hydrogen (secondary N) is 1. The number of carbonyl (C=O) groups excluding carboxylic acids is 2. The molecule has 1 amide bonds. The number of benzene rings is 2. The highest BCUT2D eigenvalue weighted by Crippen LogP contribution is 2.22. The van der Waals surface area contributed by atoms with E-state index in [0.29, 0.717) is 23.0 Å². The van der Waals surface area contributed by atoms with Crippen LogP contribution in [0.15, 0.2) is 54.6 Å². The lowest BCUT2D eigenvalue weighted by Crippen LogP contribution is -2.38. The van der Waals surface area contributed by atoms with Gasteiger partial charge in [0.2, 0.25) is 0 Å². The number of amides is 1. The molecule has 0 radical (unpaired) electrons. The first kappa shape index (κ1) is 18.5. The first-order valence-corrected chi connectivity index (χ1v) is 8.25. The van der Waals surface area contributed by atoms with Crippen LogP contribution >= 0.6 is 0 Å². The molecular weight excluding hydrogens is 318 g/mol. The van der Waals surface area contributed by atoms with Gasteiger partial charge < -0.3 is 14.8 Å². The molecule has 0 aliphatic heterocycles. The smallest absolute Gasteiger partial charge is 0.338 e. The summed E-state index contributed by atoms with van der Waals surface area (Å²) < 4.78 is 10.8. The van der Waals surface area contributed by atoms with E-state index in [9.17, 15) is 9.59 Å². The summed E-state index contributed by atoms with van der Waals surface area (Å²) in [6.45, 7) is 5.62. The Labute approximate surface area is 148 Å². The van der Waals surface area contributed by atoms with Crippen molar-refractivity contribution >= 4 is 11.9 Å². The van der Waals surface area contributed by atoms with Gasteiger partial charge in [-0.15, -0.1) is 0 Å². The zero-order valence-corrected chi connectivity index (χ0v) is 14.7. The number of rotatable bonds is 7. The maximum Gasteiger partial charge on any atom is 0.338 e. The topological polar surface area (TPSA) is 64.6 Å². The lowest BCUT2D eigenvalue weighted by atomic mass is 10.1. The number of carbonyl (C=O) groups is 2. The van der Waals surface area contributed by atoms with E-state index in [1.807, 2.05) is 51.1 Å². The highest BCUT2D eigenvalue weighted by atomic mass is 16.5. The highest BCUT2D eigenvalue weighted by molar-refractivity contribution is 5.91. The molecular formula is C20H23NO4. The Bertz CT molecular complexity index is 713. The van der Waals surface area contributed by atoms with E-state index in [1.54, 1.807) is 24.3 Å². The van der Waals surface area contributed by atoms with Gasteiger partial charge in [-0.2, -0.15) is 0 Å². The summed E-state index contributed by atoms with van der Waals surface area (Å²) in [5.41, 5.74) is 0.332. The van der Waals surface area contributed by atoms with Gasteiger partial charge in [-0.05, 0) is 43.2 Å². The van der Waals surface area contributed by atoms with E-state index in [2.05, 4.69) is 5.32 Å². The van der Waals surface area contributed by atoms with E-state index in [-0.39, 0.29) is 18.6 Å². The van der Waals surface area contributed by atoms with Crippen molar-refractivity contribution in [3.8, 4) is 11.5 Å². The van der Waals surface area contributed by atoms with Crippen LogP contribution in [0.4, 0.5) is 0 Å². The Morgan fingerprint density at radius 1 is 0.960 bits per heavy atom. The summed E-state index contributed by atoms with van der Waals surface area (Å²) >= 11 is 0. The fourth-order valence-corrected chi connectivity index (χ4v) is 1.99. The fraction of sp³-hybridized carbons (Fsp3) is 0.300. The second-order valence-corrected chi connectivity index (χ2v) is 6.12. The van der Waals surface area contributed by atoms with Gasteiger partial charge in [-0.1, -0.05) is 38.1 Å². The molecule has 0 unspecified atom stereocenters. The van der Waals surface area contributed by atoms with Gasteiger partial charge in [0, 0.05) is 6.04 Å². The van der Waals surface area contributed by atoms with Crippen molar-refractivity contribution in [2.75, 3.05) is 6.61 Å². The third-order valence-electron chi connectivity index (χ3n) is 3.77. The Hall–Kier alpha value is -2.82. The molecule has 5 nitrogen and oxygen atoms in total. The Kier molecular flexibility index (Phi) is 6.57. The lowest BCUT2D eigenvalue weighted by Gasteiger charge is -2.17. The van der Waals surface area contributed by atoms with Crippen LogP contribution in [0.25, 0.3) is 0 Å². The number of hydrogen-bond donors (Lipinski definition) is 1. The van der Waals surface area contributed by atoms with Gasteiger partial charge in [0.05, 0.1) is 5.56 Å². The van der Waals surface area contributed by atoms with E-state index < -0.39 is 5.97 Å². The van der Waals surface area contributed by atoms with E-state index in [0.717, 1.165) is 0 Å². The molecule has 1 N–H and O–H groups in total. The van der Waals surface area contributed by atoms with Crippen LogP contribution in [0.1, 0.15) is 31.1 Å². The summed E-state index contributed by atoms with van der Waals surface area (Å²) in [5, 5.41) is 2.79. The van der Waals surface area contributed by atoms with Gasteiger partial charge in [0.1, 0.15) is 11.5 Å². The third kappa shape index (κ3) is 5.95. The predicted octanol–water partition coefficient (Wildman–Crippen LogP) is 3.80. The SMILES string of the molecule is CC(C)[C@H](C)NC(=O)COC(=O)c1cccc(Oc2ccccc2)c1. The van der Waals surface area contributed by atoms with E-state index in [4.69, 9.17) is 9.47 Å². The predicted molar refractivity (Wildman–Crippen MR) is 95.7 cm³/mol. The second-order valence-electron chi connectivity index (χ2n) is 6.12. The molecule has 1 atom stereocenters. The van der Waals surface area contributed by atoms with Crippen molar-refractivity contribution in [1.82, 2.24) is 5.32 Å². The minimum Gasteiger partial charge on any atom is -0.457 e. The van der Waals surface area contributed by atoms with Gasteiger partial charge in [-0.3, -0.25) is 4.79 Å². The van der Waals surface area contributed by atoms with Gasteiger partial charge in [0.15, 0.2) is 6.61 Å². The lowest BCUT2D eigenvalue weighted by molar-refractivity contribution is -0.125. The van der Waals surface area contributed by atoms with Crippen LogP contribution in [0.3, 0.4) is 0 Å². The minimum atomic E-state index is -0.564. The standard InChI is InChI=1S/C20H23NO4/c1-14(2)15(3)21-19(22)13-24-20(23)16-8-7-11-18(12-16)25-17-9-5-4-6-10-17/h4-12,14-15H,13H2,1-3H3,(H,21,22)/t15-/m0/s1.